The summed E-state index contributed by atoms with van der Waals surface area (Å²) in [6.07, 6.45) is 13.6. The van der Waals surface area contributed by atoms with Crippen molar-refractivity contribution in [3.63, 3.8) is 0 Å². The number of aromatic nitrogens is 2. The number of benzene rings is 1. The minimum atomic E-state index is -0.503. The molecule has 0 unspecified atom stereocenters. The van der Waals surface area contributed by atoms with Gasteiger partial charge in [-0.25, -0.2) is 14.2 Å². The Morgan fingerprint density at radius 2 is 1.97 bits per heavy atom. The number of allylic oxidation sites excluding steroid dienone is 3. The lowest BCUT2D eigenvalue weighted by Crippen LogP contribution is -2.28. The second-order valence-corrected chi connectivity index (χ2v) is 8.54. The molecule has 32 heavy (non-hydrogen) atoms. The van der Waals surface area contributed by atoms with E-state index in [0.717, 1.165) is 63.4 Å². The maximum Gasteiger partial charge on any atom is 0.345 e. The Kier molecular flexibility index (Phi) is 5.66. The fourth-order valence-corrected chi connectivity index (χ4v) is 4.40. The summed E-state index contributed by atoms with van der Waals surface area (Å²) in [6.45, 7) is 3.59. The van der Waals surface area contributed by atoms with Gasteiger partial charge in [-0.2, -0.15) is 0 Å². The molecule has 0 atom stereocenters. The maximum absolute atomic E-state index is 15.1. The molecule has 2 aromatic heterocycles. The summed E-state index contributed by atoms with van der Waals surface area (Å²) in [6, 6.07) is 4.89. The second kappa shape index (κ2) is 8.74. The van der Waals surface area contributed by atoms with E-state index in [-0.39, 0.29) is 17.0 Å². The monoisotopic (exact) mass is 434 g/mol. The summed E-state index contributed by atoms with van der Waals surface area (Å²) in [4.78, 5) is 21.9. The lowest BCUT2D eigenvalue weighted by Gasteiger charge is -2.23. The number of imidazole rings is 1. The number of aryl methyl sites for hydroxylation is 1. The van der Waals surface area contributed by atoms with Crippen molar-refractivity contribution in [2.24, 2.45) is 0 Å². The highest BCUT2D eigenvalue weighted by Gasteiger charge is 2.19. The zero-order valence-electron chi connectivity index (χ0n) is 18.3. The standard InChI is InChI=1S/C25H27FN4O2/c1-28-9-7-11-29(13-12-28)18-14-21(26)19-16-20(25(31)32-23(19)15-18)22-17-30-10-6-4-2-3-5-8-24(30)27-22/h2,4,6,10,14-17H,3,5,7-9,11-13H2,1H3. The molecule has 0 bridgehead atoms. The summed E-state index contributed by atoms with van der Waals surface area (Å²) in [5.41, 5.74) is 1.30. The number of hydrogen-bond donors (Lipinski definition) is 0. The number of halogens is 1. The fourth-order valence-electron chi connectivity index (χ4n) is 4.40. The van der Waals surface area contributed by atoms with Crippen molar-refractivity contribution in [3.05, 3.63) is 64.7 Å². The molecule has 0 N–H and O–H groups in total. The number of likely N-dealkylation sites (N-methyl/N-ethyl adjacent to an activating group) is 1. The number of anilines is 1. The van der Waals surface area contributed by atoms with Crippen molar-refractivity contribution in [3.8, 4) is 11.3 Å². The number of hydrogen-bond acceptors (Lipinski definition) is 5. The Morgan fingerprint density at radius 1 is 1.06 bits per heavy atom. The van der Waals surface area contributed by atoms with Crippen molar-refractivity contribution < 1.29 is 8.81 Å². The van der Waals surface area contributed by atoms with Gasteiger partial charge in [0, 0.05) is 50.2 Å². The van der Waals surface area contributed by atoms with Gasteiger partial charge < -0.3 is 18.8 Å². The third-order valence-electron chi connectivity index (χ3n) is 6.22. The molecule has 2 aliphatic heterocycles. The third-order valence-corrected chi connectivity index (χ3v) is 6.22. The first-order valence-corrected chi connectivity index (χ1v) is 11.2. The van der Waals surface area contributed by atoms with Crippen molar-refractivity contribution in [1.82, 2.24) is 14.5 Å². The van der Waals surface area contributed by atoms with Crippen LogP contribution in [0.5, 0.6) is 0 Å². The minimum absolute atomic E-state index is 0.269. The van der Waals surface area contributed by atoms with Gasteiger partial charge in [0.1, 0.15) is 17.2 Å². The Morgan fingerprint density at radius 3 is 2.88 bits per heavy atom. The zero-order chi connectivity index (χ0) is 22.1. The molecule has 2 aliphatic rings. The van der Waals surface area contributed by atoms with Crippen molar-refractivity contribution in [2.75, 3.05) is 38.1 Å². The molecule has 0 saturated carbocycles. The number of rotatable bonds is 2. The van der Waals surface area contributed by atoms with E-state index in [4.69, 9.17) is 4.42 Å². The lowest BCUT2D eigenvalue weighted by molar-refractivity contribution is 0.360. The van der Waals surface area contributed by atoms with Crippen molar-refractivity contribution >= 4 is 22.9 Å². The first-order chi connectivity index (χ1) is 15.6. The molecule has 6 nitrogen and oxygen atoms in total. The summed E-state index contributed by atoms with van der Waals surface area (Å²) in [5.74, 6) is 0.487. The van der Waals surface area contributed by atoms with Gasteiger partial charge in [-0.3, -0.25) is 0 Å². The quantitative estimate of drug-likeness (QED) is 0.563. The predicted octanol–water partition coefficient (Wildman–Crippen LogP) is 4.30. The van der Waals surface area contributed by atoms with E-state index in [2.05, 4.69) is 27.9 Å². The molecule has 1 fully saturated rings. The van der Waals surface area contributed by atoms with Gasteiger partial charge in [0.25, 0.3) is 0 Å². The summed E-state index contributed by atoms with van der Waals surface area (Å²) in [7, 11) is 2.09. The Hall–Kier alpha value is -3.19. The average molecular weight is 435 g/mol. The van der Waals surface area contributed by atoms with Crippen LogP contribution in [0.2, 0.25) is 0 Å². The van der Waals surface area contributed by atoms with Crippen molar-refractivity contribution in [2.45, 2.75) is 25.7 Å². The predicted molar refractivity (Wildman–Crippen MR) is 125 cm³/mol. The molecule has 5 rings (SSSR count). The van der Waals surface area contributed by atoms with E-state index in [1.807, 2.05) is 29.1 Å². The van der Waals surface area contributed by atoms with Crippen molar-refractivity contribution in [1.29, 1.82) is 0 Å². The van der Waals surface area contributed by atoms with E-state index >= 15 is 4.39 Å². The molecule has 0 radical (unpaired) electrons. The van der Waals surface area contributed by atoms with Crippen LogP contribution in [-0.4, -0.2) is 47.7 Å². The fraction of sp³-hybridized carbons (Fsp3) is 0.360. The molecule has 0 amide bonds. The van der Waals surface area contributed by atoms with Crippen LogP contribution in [0.4, 0.5) is 10.1 Å². The lowest BCUT2D eigenvalue weighted by atomic mass is 10.1. The van der Waals surface area contributed by atoms with E-state index in [1.54, 1.807) is 18.2 Å². The topological polar surface area (TPSA) is 54.5 Å². The Bertz CT molecular complexity index is 1260. The second-order valence-electron chi connectivity index (χ2n) is 8.54. The molecule has 0 aliphatic carbocycles. The van der Waals surface area contributed by atoms with Crippen LogP contribution >= 0.6 is 0 Å². The Labute approximate surface area is 186 Å². The first-order valence-electron chi connectivity index (χ1n) is 11.2. The van der Waals surface area contributed by atoms with Gasteiger partial charge in [0.2, 0.25) is 0 Å². The van der Waals surface area contributed by atoms with Gasteiger partial charge in [-0.1, -0.05) is 12.2 Å². The molecule has 166 valence electrons. The van der Waals surface area contributed by atoms with Gasteiger partial charge >= 0.3 is 5.63 Å². The molecule has 1 saturated heterocycles. The van der Waals surface area contributed by atoms with Crippen LogP contribution in [0.25, 0.3) is 28.4 Å². The van der Waals surface area contributed by atoms with E-state index in [1.165, 1.54) is 0 Å². The molecular formula is C25H27FN4O2. The number of fused-ring (bicyclic) bond motifs is 2. The molecule has 1 aromatic carbocycles. The zero-order valence-corrected chi connectivity index (χ0v) is 18.3. The van der Waals surface area contributed by atoms with Crippen LogP contribution in [0, 0.1) is 5.82 Å². The van der Waals surface area contributed by atoms with Crippen LogP contribution in [0.3, 0.4) is 0 Å². The molecule has 3 aromatic rings. The summed E-state index contributed by atoms with van der Waals surface area (Å²) >= 11 is 0. The largest absolute Gasteiger partial charge is 0.422 e. The molecule has 4 heterocycles. The van der Waals surface area contributed by atoms with Gasteiger partial charge in [-0.15, -0.1) is 0 Å². The highest BCUT2D eigenvalue weighted by Crippen LogP contribution is 2.28. The first kappa shape index (κ1) is 20.7. The van der Waals surface area contributed by atoms with E-state index < -0.39 is 5.63 Å². The smallest absolute Gasteiger partial charge is 0.345 e. The molecule has 0 spiro atoms. The van der Waals surface area contributed by atoms with Crippen LogP contribution < -0.4 is 10.5 Å². The highest BCUT2D eigenvalue weighted by atomic mass is 19.1. The van der Waals surface area contributed by atoms with Crippen LogP contribution in [-0.2, 0) is 6.42 Å². The average Bonchev–Trinajstić information content (AvgIpc) is 3.08. The normalized spacial score (nSPS) is 17.6. The minimum Gasteiger partial charge on any atom is -0.422 e. The molecule has 7 heteroatoms. The third kappa shape index (κ3) is 4.12. The summed E-state index contributed by atoms with van der Waals surface area (Å²) < 4.78 is 22.7. The van der Waals surface area contributed by atoms with E-state index in [0.29, 0.717) is 11.1 Å². The molecular weight excluding hydrogens is 407 g/mol. The van der Waals surface area contributed by atoms with Crippen LogP contribution in [0.1, 0.15) is 25.1 Å². The Balaban J connectivity index is 1.53. The van der Waals surface area contributed by atoms with Gasteiger partial charge in [0.05, 0.1) is 16.6 Å². The maximum atomic E-state index is 15.1. The van der Waals surface area contributed by atoms with E-state index in [9.17, 15) is 4.79 Å². The highest BCUT2D eigenvalue weighted by molar-refractivity contribution is 5.84. The van der Waals surface area contributed by atoms with Gasteiger partial charge in [0.15, 0.2) is 0 Å². The van der Waals surface area contributed by atoms with Crippen LogP contribution in [0.15, 0.2) is 51.8 Å². The van der Waals surface area contributed by atoms with Gasteiger partial charge in [-0.05, 0) is 51.1 Å². The SMILES string of the molecule is CN1CCCN(c2cc(F)c3cc(-c4cn5c(n4)CCCC=CC=C5)c(=O)oc3c2)CC1. The summed E-state index contributed by atoms with van der Waals surface area (Å²) in [5, 5.41) is 0.297. The number of nitrogens with zero attached hydrogens (tertiary/aromatic N) is 4.